The fraction of sp³-hybridized carbons (Fsp3) is 0.833. The number of rotatable bonds is 3. The lowest BCUT2D eigenvalue weighted by Crippen LogP contribution is -2.47. The standard InChI is InChI=1S/C12H22N2O3/c1-12(2,3)9(11(16)17)10(15)13-8-5-6-14(4)7-8/h8-9H,5-7H2,1-4H3,(H,13,15)(H,16,17). The SMILES string of the molecule is CN1CCC(NC(=O)C(C(=O)O)C(C)(C)C)C1. The summed E-state index contributed by atoms with van der Waals surface area (Å²) in [5.74, 6) is -2.42. The average Bonchev–Trinajstić information content (AvgIpc) is 2.46. The zero-order valence-electron chi connectivity index (χ0n) is 11.0. The molecular weight excluding hydrogens is 220 g/mol. The molecule has 0 bridgehead atoms. The summed E-state index contributed by atoms with van der Waals surface area (Å²) in [7, 11) is 1.99. The molecule has 1 rings (SSSR count). The van der Waals surface area contributed by atoms with Crippen molar-refractivity contribution in [1.82, 2.24) is 10.2 Å². The first-order chi connectivity index (χ1) is 7.71. The van der Waals surface area contributed by atoms with Gasteiger partial charge in [-0.15, -0.1) is 0 Å². The van der Waals surface area contributed by atoms with Crippen molar-refractivity contribution in [2.24, 2.45) is 11.3 Å². The highest BCUT2D eigenvalue weighted by Crippen LogP contribution is 2.26. The Hall–Kier alpha value is -1.10. The molecule has 1 amide bonds. The van der Waals surface area contributed by atoms with Gasteiger partial charge in [0.1, 0.15) is 5.92 Å². The molecule has 0 spiro atoms. The third kappa shape index (κ3) is 3.70. The maximum atomic E-state index is 12.0. The van der Waals surface area contributed by atoms with E-state index in [0.717, 1.165) is 19.5 Å². The summed E-state index contributed by atoms with van der Waals surface area (Å²) in [5, 5.41) is 12.0. The van der Waals surface area contributed by atoms with Crippen molar-refractivity contribution in [2.75, 3.05) is 20.1 Å². The van der Waals surface area contributed by atoms with Gasteiger partial charge in [0.25, 0.3) is 0 Å². The third-order valence-electron chi connectivity index (χ3n) is 3.11. The van der Waals surface area contributed by atoms with Gasteiger partial charge in [0.15, 0.2) is 0 Å². The monoisotopic (exact) mass is 242 g/mol. The Kier molecular flexibility index (Phi) is 4.14. The van der Waals surface area contributed by atoms with Crippen molar-refractivity contribution in [2.45, 2.75) is 33.2 Å². The summed E-state index contributed by atoms with van der Waals surface area (Å²) in [6.45, 7) is 7.05. The summed E-state index contributed by atoms with van der Waals surface area (Å²) in [6, 6.07) is 0.0803. The molecule has 1 heterocycles. The number of hydrogen-bond donors (Lipinski definition) is 2. The molecule has 1 fully saturated rings. The molecule has 0 radical (unpaired) electrons. The summed E-state index contributed by atoms with van der Waals surface area (Å²) in [4.78, 5) is 25.3. The van der Waals surface area contributed by atoms with Gasteiger partial charge in [-0.25, -0.2) is 0 Å². The minimum absolute atomic E-state index is 0.0803. The van der Waals surface area contributed by atoms with Crippen LogP contribution >= 0.6 is 0 Å². The highest BCUT2D eigenvalue weighted by molar-refractivity contribution is 5.97. The maximum absolute atomic E-state index is 12.0. The lowest BCUT2D eigenvalue weighted by molar-refractivity contribution is -0.151. The van der Waals surface area contributed by atoms with E-state index in [1.165, 1.54) is 0 Å². The van der Waals surface area contributed by atoms with Crippen LogP contribution in [0.1, 0.15) is 27.2 Å². The fourth-order valence-electron chi connectivity index (χ4n) is 2.21. The van der Waals surface area contributed by atoms with E-state index < -0.39 is 17.3 Å². The first-order valence-electron chi connectivity index (χ1n) is 5.93. The Morgan fingerprint density at radius 1 is 1.41 bits per heavy atom. The number of carboxylic acids is 1. The maximum Gasteiger partial charge on any atom is 0.316 e. The number of carbonyl (C=O) groups is 2. The van der Waals surface area contributed by atoms with Crippen molar-refractivity contribution in [3.8, 4) is 0 Å². The number of likely N-dealkylation sites (N-methyl/N-ethyl adjacent to an activating group) is 1. The quantitative estimate of drug-likeness (QED) is 0.709. The molecule has 0 aromatic heterocycles. The number of nitrogens with one attached hydrogen (secondary N) is 1. The number of nitrogens with zero attached hydrogens (tertiary/aromatic N) is 1. The topological polar surface area (TPSA) is 69.6 Å². The Morgan fingerprint density at radius 2 is 2.00 bits per heavy atom. The number of hydrogen-bond acceptors (Lipinski definition) is 3. The Balaban J connectivity index is 2.64. The molecule has 5 nitrogen and oxygen atoms in total. The van der Waals surface area contributed by atoms with Crippen molar-refractivity contribution < 1.29 is 14.7 Å². The van der Waals surface area contributed by atoms with Crippen molar-refractivity contribution in [1.29, 1.82) is 0 Å². The molecule has 17 heavy (non-hydrogen) atoms. The first-order valence-corrected chi connectivity index (χ1v) is 5.93. The van der Waals surface area contributed by atoms with Crippen LogP contribution < -0.4 is 5.32 Å². The molecule has 1 aliphatic heterocycles. The second-order valence-electron chi connectivity index (χ2n) is 5.89. The average molecular weight is 242 g/mol. The largest absolute Gasteiger partial charge is 0.481 e. The molecule has 0 aromatic carbocycles. The van der Waals surface area contributed by atoms with Gasteiger partial charge in [-0.1, -0.05) is 20.8 Å². The van der Waals surface area contributed by atoms with Crippen LogP contribution in [0.4, 0.5) is 0 Å². The normalized spacial score (nSPS) is 23.4. The molecule has 5 heteroatoms. The smallest absolute Gasteiger partial charge is 0.316 e. The molecule has 2 atom stereocenters. The van der Waals surface area contributed by atoms with Gasteiger partial charge in [-0.2, -0.15) is 0 Å². The van der Waals surface area contributed by atoms with Gasteiger partial charge >= 0.3 is 5.97 Å². The van der Waals surface area contributed by atoms with Gasteiger partial charge in [0.05, 0.1) is 0 Å². The lowest BCUT2D eigenvalue weighted by Gasteiger charge is -2.27. The molecule has 0 saturated carbocycles. The van der Waals surface area contributed by atoms with Crippen molar-refractivity contribution in [3.05, 3.63) is 0 Å². The fourth-order valence-corrected chi connectivity index (χ4v) is 2.21. The second-order valence-corrected chi connectivity index (χ2v) is 5.89. The van der Waals surface area contributed by atoms with E-state index in [1.807, 2.05) is 7.05 Å². The van der Waals surface area contributed by atoms with E-state index in [-0.39, 0.29) is 11.9 Å². The molecule has 2 unspecified atom stereocenters. The van der Waals surface area contributed by atoms with E-state index in [9.17, 15) is 9.59 Å². The highest BCUT2D eigenvalue weighted by atomic mass is 16.4. The summed E-state index contributed by atoms with van der Waals surface area (Å²) in [6.07, 6.45) is 0.888. The molecule has 0 aliphatic carbocycles. The predicted octanol–water partition coefficient (Wildman–Crippen LogP) is 0.554. The second kappa shape index (κ2) is 5.04. The van der Waals surface area contributed by atoms with Gasteiger partial charge in [0, 0.05) is 12.6 Å². The zero-order chi connectivity index (χ0) is 13.2. The van der Waals surface area contributed by atoms with E-state index in [2.05, 4.69) is 10.2 Å². The molecule has 2 N–H and O–H groups in total. The summed E-state index contributed by atoms with van der Waals surface area (Å²) < 4.78 is 0. The van der Waals surface area contributed by atoms with Gasteiger partial charge < -0.3 is 15.3 Å². The third-order valence-corrected chi connectivity index (χ3v) is 3.11. The molecule has 1 saturated heterocycles. The van der Waals surface area contributed by atoms with Crippen LogP contribution in [0.3, 0.4) is 0 Å². The van der Waals surface area contributed by atoms with Crippen LogP contribution in [-0.2, 0) is 9.59 Å². The van der Waals surface area contributed by atoms with Gasteiger partial charge in [-0.05, 0) is 25.4 Å². The number of carboxylic acid groups (broad SMARTS) is 1. The highest BCUT2D eigenvalue weighted by Gasteiger charge is 2.38. The number of likely N-dealkylation sites (tertiary alicyclic amines) is 1. The first kappa shape index (κ1) is 14.0. The van der Waals surface area contributed by atoms with E-state index in [0.29, 0.717) is 0 Å². The summed E-state index contributed by atoms with van der Waals surface area (Å²) in [5.41, 5.74) is -0.569. The number of amides is 1. The van der Waals surface area contributed by atoms with Crippen LogP contribution in [0.15, 0.2) is 0 Å². The Labute approximate surface area is 102 Å². The van der Waals surface area contributed by atoms with Crippen LogP contribution in [0, 0.1) is 11.3 Å². The molecule has 98 valence electrons. The number of aliphatic carboxylic acids is 1. The van der Waals surface area contributed by atoms with E-state index in [4.69, 9.17) is 5.11 Å². The Morgan fingerprint density at radius 3 is 2.35 bits per heavy atom. The predicted molar refractivity (Wildman–Crippen MR) is 64.6 cm³/mol. The molecule has 1 aliphatic rings. The molecule has 0 aromatic rings. The molecular formula is C12H22N2O3. The van der Waals surface area contributed by atoms with E-state index >= 15 is 0 Å². The van der Waals surface area contributed by atoms with Crippen LogP contribution in [0.5, 0.6) is 0 Å². The Bertz CT molecular complexity index is 309. The minimum Gasteiger partial charge on any atom is -0.481 e. The summed E-state index contributed by atoms with van der Waals surface area (Å²) >= 11 is 0. The van der Waals surface area contributed by atoms with E-state index in [1.54, 1.807) is 20.8 Å². The van der Waals surface area contributed by atoms with Gasteiger partial charge in [-0.3, -0.25) is 9.59 Å². The van der Waals surface area contributed by atoms with Crippen molar-refractivity contribution in [3.63, 3.8) is 0 Å². The van der Waals surface area contributed by atoms with Gasteiger partial charge in [0.2, 0.25) is 5.91 Å². The van der Waals surface area contributed by atoms with Crippen LogP contribution in [0.25, 0.3) is 0 Å². The van der Waals surface area contributed by atoms with Crippen LogP contribution in [0.2, 0.25) is 0 Å². The minimum atomic E-state index is -1.05. The zero-order valence-corrected chi connectivity index (χ0v) is 11.0. The van der Waals surface area contributed by atoms with Crippen molar-refractivity contribution >= 4 is 11.9 Å². The van der Waals surface area contributed by atoms with Crippen LogP contribution in [-0.4, -0.2) is 48.1 Å². The number of carbonyl (C=O) groups excluding carboxylic acids is 1. The lowest BCUT2D eigenvalue weighted by atomic mass is 9.80.